The molecule has 4 heteroatoms. The lowest BCUT2D eigenvalue weighted by molar-refractivity contribution is 0.340. The molecular formula is C25H22FNO2. The summed E-state index contributed by atoms with van der Waals surface area (Å²) in [6, 6.07) is 24.6. The average molecular weight is 387 g/mol. The summed E-state index contributed by atoms with van der Waals surface area (Å²) in [6.07, 6.45) is 0. The third-order valence-electron chi connectivity index (χ3n) is 4.81. The van der Waals surface area contributed by atoms with E-state index >= 15 is 0 Å². The summed E-state index contributed by atoms with van der Waals surface area (Å²) in [7, 11) is 1.65. The van der Waals surface area contributed by atoms with Crippen molar-refractivity contribution < 1.29 is 13.9 Å². The van der Waals surface area contributed by atoms with E-state index in [0.717, 1.165) is 45.1 Å². The van der Waals surface area contributed by atoms with Crippen molar-refractivity contribution in [2.45, 2.75) is 6.92 Å². The zero-order valence-corrected chi connectivity index (χ0v) is 16.4. The molecule has 29 heavy (non-hydrogen) atoms. The summed E-state index contributed by atoms with van der Waals surface area (Å²) < 4.78 is 24.3. The Morgan fingerprint density at radius 3 is 2.21 bits per heavy atom. The number of hydrogen-bond donors (Lipinski definition) is 1. The van der Waals surface area contributed by atoms with Gasteiger partial charge in [0.05, 0.1) is 19.4 Å². The van der Waals surface area contributed by atoms with Gasteiger partial charge in [-0.2, -0.15) is 0 Å². The van der Waals surface area contributed by atoms with Gasteiger partial charge in [0, 0.05) is 11.3 Å². The van der Waals surface area contributed by atoms with E-state index in [2.05, 4.69) is 17.1 Å². The average Bonchev–Trinajstić information content (AvgIpc) is 3.20. The standard InChI is InChI=1S/C25H22FNO2/c1-3-29-22-6-4-5-19(15-22)23-16-24(17-7-11-20(26)12-8-17)27-25(23)18-9-13-21(28-2)14-10-18/h4-16,27H,3H2,1-2H3. The van der Waals surface area contributed by atoms with Gasteiger partial charge in [0.25, 0.3) is 0 Å². The molecule has 4 rings (SSSR count). The number of halogens is 1. The Hall–Kier alpha value is -3.53. The van der Waals surface area contributed by atoms with Gasteiger partial charge < -0.3 is 14.5 Å². The summed E-state index contributed by atoms with van der Waals surface area (Å²) in [6.45, 7) is 2.58. The van der Waals surface area contributed by atoms with Crippen LogP contribution in [0.2, 0.25) is 0 Å². The van der Waals surface area contributed by atoms with E-state index in [0.29, 0.717) is 6.61 Å². The fraction of sp³-hybridized carbons (Fsp3) is 0.120. The maximum absolute atomic E-state index is 13.4. The van der Waals surface area contributed by atoms with Gasteiger partial charge in [-0.05, 0) is 90.3 Å². The minimum absolute atomic E-state index is 0.250. The van der Waals surface area contributed by atoms with Crippen molar-refractivity contribution in [3.05, 3.63) is 84.7 Å². The van der Waals surface area contributed by atoms with Crippen LogP contribution in [0.3, 0.4) is 0 Å². The zero-order chi connectivity index (χ0) is 20.2. The first kappa shape index (κ1) is 18.8. The van der Waals surface area contributed by atoms with E-state index in [-0.39, 0.29) is 5.82 Å². The van der Waals surface area contributed by atoms with E-state index in [4.69, 9.17) is 9.47 Å². The number of aromatic amines is 1. The quantitative estimate of drug-likeness (QED) is 0.406. The third-order valence-corrected chi connectivity index (χ3v) is 4.81. The molecule has 4 aromatic rings. The second kappa shape index (κ2) is 8.23. The smallest absolute Gasteiger partial charge is 0.123 e. The van der Waals surface area contributed by atoms with Gasteiger partial charge in [0.15, 0.2) is 0 Å². The molecule has 0 bridgehead atoms. The van der Waals surface area contributed by atoms with Gasteiger partial charge in [-0.3, -0.25) is 0 Å². The molecule has 0 aliphatic rings. The molecule has 3 aromatic carbocycles. The Balaban J connectivity index is 1.85. The number of benzene rings is 3. The van der Waals surface area contributed by atoms with Crippen molar-refractivity contribution in [2.75, 3.05) is 13.7 Å². The molecule has 0 unspecified atom stereocenters. The van der Waals surface area contributed by atoms with Crippen LogP contribution in [-0.2, 0) is 0 Å². The summed E-state index contributed by atoms with van der Waals surface area (Å²) in [4.78, 5) is 3.52. The van der Waals surface area contributed by atoms with Crippen LogP contribution in [-0.4, -0.2) is 18.7 Å². The number of rotatable bonds is 6. The first-order chi connectivity index (χ1) is 14.2. The number of ether oxygens (including phenoxy) is 2. The van der Waals surface area contributed by atoms with E-state index in [1.54, 1.807) is 19.2 Å². The summed E-state index contributed by atoms with van der Waals surface area (Å²) in [5, 5.41) is 0. The van der Waals surface area contributed by atoms with Crippen LogP contribution in [0.25, 0.3) is 33.6 Å². The van der Waals surface area contributed by atoms with Crippen molar-refractivity contribution in [1.29, 1.82) is 0 Å². The van der Waals surface area contributed by atoms with Crippen LogP contribution >= 0.6 is 0 Å². The maximum atomic E-state index is 13.4. The Morgan fingerprint density at radius 2 is 1.52 bits per heavy atom. The predicted octanol–water partition coefficient (Wildman–Crippen LogP) is 6.56. The molecule has 0 aliphatic heterocycles. The number of hydrogen-bond acceptors (Lipinski definition) is 2. The first-order valence-corrected chi connectivity index (χ1v) is 9.54. The molecule has 0 saturated heterocycles. The highest BCUT2D eigenvalue weighted by atomic mass is 19.1. The lowest BCUT2D eigenvalue weighted by Gasteiger charge is -2.08. The van der Waals surface area contributed by atoms with Crippen LogP contribution in [0, 0.1) is 5.82 Å². The first-order valence-electron chi connectivity index (χ1n) is 9.54. The monoisotopic (exact) mass is 387 g/mol. The minimum Gasteiger partial charge on any atom is -0.497 e. The normalized spacial score (nSPS) is 10.7. The second-order valence-electron chi connectivity index (χ2n) is 6.67. The highest BCUT2D eigenvalue weighted by Crippen LogP contribution is 2.37. The van der Waals surface area contributed by atoms with Crippen molar-refractivity contribution in [3.63, 3.8) is 0 Å². The van der Waals surface area contributed by atoms with Gasteiger partial charge in [-0.25, -0.2) is 4.39 Å². The zero-order valence-electron chi connectivity index (χ0n) is 16.4. The fourth-order valence-electron chi connectivity index (χ4n) is 3.37. The fourth-order valence-corrected chi connectivity index (χ4v) is 3.37. The minimum atomic E-state index is -0.250. The third kappa shape index (κ3) is 4.02. The largest absolute Gasteiger partial charge is 0.497 e. The van der Waals surface area contributed by atoms with Crippen LogP contribution in [0.4, 0.5) is 4.39 Å². The molecule has 0 atom stereocenters. The van der Waals surface area contributed by atoms with Crippen molar-refractivity contribution in [1.82, 2.24) is 4.98 Å². The van der Waals surface area contributed by atoms with Crippen LogP contribution in [0.1, 0.15) is 6.92 Å². The van der Waals surface area contributed by atoms with Crippen molar-refractivity contribution >= 4 is 0 Å². The molecule has 1 N–H and O–H groups in total. The number of methoxy groups -OCH3 is 1. The van der Waals surface area contributed by atoms with E-state index in [1.807, 2.05) is 49.4 Å². The molecule has 0 fully saturated rings. The number of aromatic nitrogens is 1. The lowest BCUT2D eigenvalue weighted by Crippen LogP contribution is -1.91. The van der Waals surface area contributed by atoms with Crippen molar-refractivity contribution in [2.24, 2.45) is 0 Å². The molecule has 0 amide bonds. The Labute approximate surface area is 169 Å². The van der Waals surface area contributed by atoms with Gasteiger partial charge in [-0.1, -0.05) is 12.1 Å². The van der Waals surface area contributed by atoms with E-state index in [1.165, 1.54) is 12.1 Å². The maximum Gasteiger partial charge on any atom is 0.123 e. The van der Waals surface area contributed by atoms with Crippen LogP contribution < -0.4 is 9.47 Å². The molecule has 1 heterocycles. The van der Waals surface area contributed by atoms with Gasteiger partial charge >= 0.3 is 0 Å². The van der Waals surface area contributed by atoms with E-state index in [9.17, 15) is 4.39 Å². The molecule has 3 nitrogen and oxygen atoms in total. The molecule has 0 radical (unpaired) electrons. The van der Waals surface area contributed by atoms with Crippen molar-refractivity contribution in [3.8, 4) is 45.1 Å². The summed E-state index contributed by atoms with van der Waals surface area (Å²) in [5.41, 5.74) is 5.97. The van der Waals surface area contributed by atoms with Gasteiger partial charge in [-0.15, -0.1) is 0 Å². The summed E-state index contributed by atoms with van der Waals surface area (Å²) in [5.74, 6) is 1.38. The number of H-pyrrole nitrogens is 1. The van der Waals surface area contributed by atoms with Gasteiger partial charge in [0.2, 0.25) is 0 Å². The SMILES string of the molecule is CCOc1cccc(-c2cc(-c3ccc(F)cc3)[nH]c2-c2ccc(OC)cc2)c1. The number of nitrogens with one attached hydrogen (secondary N) is 1. The predicted molar refractivity (Wildman–Crippen MR) is 115 cm³/mol. The molecule has 0 spiro atoms. The molecule has 1 aromatic heterocycles. The second-order valence-corrected chi connectivity index (χ2v) is 6.67. The van der Waals surface area contributed by atoms with Gasteiger partial charge in [0.1, 0.15) is 17.3 Å². The molecule has 0 saturated carbocycles. The Kier molecular flexibility index (Phi) is 5.34. The summed E-state index contributed by atoms with van der Waals surface area (Å²) >= 11 is 0. The van der Waals surface area contributed by atoms with E-state index < -0.39 is 0 Å². The Bertz CT molecular complexity index is 1100. The van der Waals surface area contributed by atoms with Crippen LogP contribution in [0.15, 0.2) is 78.9 Å². The highest BCUT2D eigenvalue weighted by molar-refractivity contribution is 5.86. The van der Waals surface area contributed by atoms with Crippen LogP contribution in [0.5, 0.6) is 11.5 Å². The highest BCUT2D eigenvalue weighted by Gasteiger charge is 2.14. The molecule has 146 valence electrons. The Morgan fingerprint density at radius 1 is 0.793 bits per heavy atom. The molecule has 0 aliphatic carbocycles. The lowest BCUT2D eigenvalue weighted by atomic mass is 10.0. The molecular weight excluding hydrogens is 365 g/mol. The topological polar surface area (TPSA) is 34.2 Å².